The molecule has 2 aromatic rings. The maximum Gasteiger partial charge on any atom is 0.271 e. The molecule has 0 spiro atoms. The van der Waals surface area contributed by atoms with E-state index in [1.54, 1.807) is 0 Å². The molecule has 0 aliphatic carbocycles. The zero-order valence-electron chi connectivity index (χ0n) is 15.2. The first kappa shape index (κ1) is 20.3. The number of non-ortho nitro benzene ring substituents is 1. The molecule has 30 heavy (non-hydrogen) atoms. The molecule has 0 fully saturated rings. The summed E-state index contributed by atoms with van der Waals surface area (Å²) < 4.78 is 0. The number of nitrogens with zero attached hydrogens (tertiary/aromatic N) is 3. The molecule has 0 atom stereocenters. The third-order valence-electron chi connectivity index (χ3n) is 4.11. The summed E-state index contributed by atoms with van der Waals surface area (Å²) in [4.78, 5) is 70.2. The lowest BCUT2D eigenvalue weighted by atomic mass is 10.1. The zero-order valence-corrected chi connectivity index (χ0v) is 15.2. The van der Waals surface area contributed by atoms with Gasteiger partial charge in [-0.3, -0.25) is 39.0 Å². The van der Waals surface area contributed by atoms with Crippen LogP contribution in [-0.4, -0.2) is 63.3 Å². The third kappa shape index (κ3) is 4.19. The second-order valence-corrected chi connectivity index (χ2v) is 6.10. The fourth-order valence-corrected chi connectivity index (χ4v) is 2.67. The molecule has 3 rings (SSSR count). The van der Waals surface area contributed by atoms with E-state index in [0.29, 0.717) is 4.90 Å². The number of hydrogen-bond donors (Lipinski definition) is 3. The van der Waals surface area contributed by atoms with E-state index in [1.165, 1.54) is 12.1 Å². The van der Waals surface area contributed by atoms with Crippen LogP contribution in [0.1, 0.15) is 31.2 Å². The molecule has 0 radical (unpaired) electrons. The van der Waals surface area contributed by atoms with Gasteiger partial charge in [-0.2, -0.15) is 5.10 Å². The van der Waals surface area contributed by atoms with E-state index in [9.17, 15) is 34.1 Å². The smallest absolute Gasteiger partial charge is 0.271 e. The van der Waals surface area contributed by atoms with Gasteiger partial charge in [0, 0.05) is 31.3 Å². The molecule has 0 unspecified atom stereocenters. The number of H-pyrrole nitrogens is 1. The number of nitro benzene ring substituents is 1. The van der Waals surface area contributed by atoms with E-state index >= 15 is 0 Å². The number of rotatable bonds is 7. The molecule has 0 saturated carbocycles. The summed E-state index contributed by atoms with van der Waals surface area (Å²) in [6.07, 6.45) is 0. The number of nitrogens with one attached hydrogen (secondary N) is 3. The Balaban J connectivity index is 1.50. The monoisotopic (exact) mass is 414 g/mol. The number of benzene rings is 1. The van der Waals surface area contributed by atoms with Gasteiger partial charge in [-0.15, -0.1) is 0 Å². The minimum absolute atomic E-state index is 0.00255. The second-order valence-electron chi connectivity index (χ2n) is 6.10. The van der Waals surface area contributed by atoms with Gasteiger partial charge in [0.2, 0.25) is 5.91 Å². The molecule has 1 aliphatic rings. The number of hydrogen-bond acceptors (Lipinski definition) is 8. The van der Waals surface area contributed by atoms with E-state index in [1.807, 2.05) is 0 Å². The molecule has 13 nitrogen and oxygen atoms in total. The Morgan fingerprint density at radius 1 is 1.03 bits per heavy atom. The van der Waals surface area contributed by atoms with Crippen molar-refractivity contribution in [2.45, 2.75) is 0 Å². The van der Waals surface area contributed by atoms with Crippen molar-refractivity contribution in [1.82, 2.24) is 25.7 Å². The van der Waals surface area contributed by atoms with Crippen molar-refractivity contribution in [3.05, 3.63) is 67.6 Å². The predicted octanol–water partition coefficient (Wildman–Crippen LogP) is -1.18. The number of fused-ring (bicyclic) bond motifs is 1. The van der Waals surface area contributed by atoms with Gasteiger partial charge in [-0.25, -0.2) is 5.10 Å². The number of amides is 4. The number of carbonyl (C=O) groups is 4. The summed E-state index contributed by atoms with van der Waals surface area (Å²) in [5.41, 5.74) is -0.960. The Kier molecular flexibility index (Phi) is 5.62. The first-order valence-electron chi connectivity index (χ1n) is 8.53. The summed E-state index contributed by atoms with van der Waals surface area (Å²) in [6, 6.07) is 5.65. The zero-order chi connectivity index (χ0) is 21.8. The van der Waals surface area contributed by atoms with Crippen LogP contribution in [-0.2, 0) is 4.79 Å². The third-order valence-corrected chi connectivity index (χ3v) is 4.11. The van der Waals surface area contributed by atoms with Crippen LogP contribution in [0, 0.1) is 10.1 Å². The predicted molar refractivity (Wildman–Crippen MR) is 98.7 cm³/mol. The number of imide groups is 1. The highest BCUT2D eigenvalue weighted by molar-refractivity contribution is 6.22. The van der Waals surface area contributed by atoms with Crippen LogP contribution in [0.3, 0.4) is 0 Å². The van der Waals surface area contributed by atoms with Gasteiger partial charge >= 0.3 is 0 Å². The Hall–Kier alpha value is -4.42. The van der Waals surface area contributed by atoms with Crippen LogP contribution in [0.4, 0.5) is 5.69 Å². The topological polar surface area (TPSA) is 184 Å². The Bertz CT molecular complexity index is 1110. The maximum absolute atomic E-state index is 12.3. The number of aromatic nitrogens is 2. The molecule has 1 aromatic carbocycles. The molecule has 4 amide bonds. The molecule has 1 aromatic heterocycles. The quantitative estimate of drug-likeness (QED) is 0.219. The SMILES string of the molecule is O=C(CN1C(=O)c2ccc([N+](=O)[O-])cc2C1=O)NCCNC(=O)c1ccc(=O)[nH]n1. The molecule has 13 heteroatoms. The summed E-state index contributed by atoms with van der Waals surface area (Å²) >= 11 is 0. The summed E-state index contributed by atoms with van der Waals surface area (Å²) in [5, 5.41) is 21.4. The average Bonchev–Trinajstić information content (AvgIpc) is 2.96. The van der Waals surface area contributed by atoms with E-state index in [4.69, 9.17) is 0 Å². The molecule has 0 bridgehead atoms. The van der Waals surface area contributed by atoms with Gasteiger partial charge in [0.05, 0.1) is 16.1 Å². The molecular weight excluding hydrogens is 400 g/mol. The number of carbonyl (C=O) groups excluding carboxylic acids is 4. The fraction of sp³-hybridized carbons (Fsp3) is 0.176. The van der Waals surface area contributed by atoms with Crippen LogP contribution < -0.4 is 16.2 Å². The van der Waals surface area contributed by atoms with Crippen molar-refractivity contribution in [2.24, 2.45) is 0 Å². The van der Waals surface area contributed by atoms with Crippen molar-refractivity contribution < 1.29 is 24.1 Å². The fourth-order valence-electron chi connectivity index (χ4n) is 2.67. The van der Waals surface area contributed by atoms with Gasteiger partial charge in [0.15, 0.2) is 0 Å². The number of aromatic amines is 1. The average molecular weight is 414 g/mol. The standard InChI is InChI=1S/C17H14N6O7/c24-13-4-3-12(20-21-13)15(26)19-6-5-18-14(25)8-22-16(27)10-2-1-9(23(29)30)7-11(10)17(22)28/h1-4,7H,5-6,8H2,(H,18,25)(H,19,26)(H,21,24). The van der Waals surface area contributed by atoms with Crippen LogP contribution in [0.2, 0.25) is 0 Å². The van der Waals surface area contributed by atoms with E-state index in [0.717, 1.165) is 18.2 Å². The van der Waals surface area contributed by atoms with Crippen molar-refractivity contribution in [3.63, 3.8) is 0 Å². The van der Waals surface area contributed by atoms with Gasteiger partial charge in [0.25, 0.3) is 29.0 Å². The minimum Gasteiger partial charge on any atom is -0.353 e. The first-order chi connectivity index (χ1) is 14.3. The van der Waals surface area contributed by atoms with Gasteiger partial charge < -0.3 is 10.6 Å². The van der Waals surface area contributed by atoms with Crippen molar-refractivity contribution in [2.75, 3.05) is 19.6 Å². The lowest BCUT2D eigenvalue weighted by Crippen LogP contribution is -2.42. The van der Waals surface area contributed by atoms with E-state index in [2.05, 4.69) is 20.8 Å². The summed E-state index contributed by atoms with van der Waals surface area (Å²) in [7, 11) is 0. The van der Waals surface area contributed by atoms with Gasteiger partial charge in [-0.05, 0) is 12.1 Å². The largest absolute Gasteiger partial charge is 0.353 e. The first-order valence-corrected chi connectivity index (χ1v) is 8.53. The van der Waals surface area contributed by atoms with Crippen LogP contribution in [0.5, 0.6) is 0 Å². The molecule has 2 heterocycles. The van der Waals surface area contributed by atoms with Crippen LogP contribution in [0.15, 0.2) is 35.1 Å². The number of nitro groups is 1. The minimum atomic E-state index is -0.800. The van der Waals surface area contributed by atoms with Crippen molar-refractivity contribution >= 4 is 29.3 Å². The summed E-state index contributed by atoms with van der Waals surface area (Å²) in [5.74, 6) is -2.75. The van der Waals surface area contributed by atoms with Crippen LogP contribution >= 0.6 is 0 Å². The molecule has 0 saturated heterocycles. The van der Waals surface area contributed by atoms with Gasteiger partial charge in [-0.1, -0.05) is 0 Å². The molecule has 154 valence electrons. The Labute approximate surface area is 167 Å². The molecule has 3 N–H and O–H groups in total. The molecular formula is C17H14N6O7. The lowest BCUT2D eigenvalue weighted by Gasteiger charge is -2.13. The maximum atomic E-state index is 12.3. The normalized spacial score (nSPS) is 12.5. The van der Waals surface area contributed by atoms with Crippen molar-refractivity contribution in [3.8, 4) is 0 Å². The lowest BCUT2D eigenvalue weighted by molar-refractivity contribution is -0.384. The second kappa shape index (κ2) is 8.30. The summed E-state index contributed by atoms with van der Waals surface area (Å²) in [6.45, 7) is -0.544. The van der Waals surface area contributed by atoms with Crippen molar-refractivity contribution in [1.29, 1.82) is 0 Å². The highest BCUT2D eigenvalue weighted by Crippen LogP contribution is 2.26. The highest BCUT2D eigenvalue weighted by Gasteiger charge is 2.37. The highest BCUT2D eigenvalue weighted by atomic mass is 16.6. The van der Waals surface area contributed by atoms with E-state index in [-0.39, 0.29) is 35.6 Å². The van der Waals surface area contributed by atoms with Crippen LogP contribution in [0.25, 0.3) is 0 Å². The van der Waals surface area contributed by atoms with Gasteiger partial charge in [0.1, 0.15) is 12.2 Å². The Morgan fingerprint density at radius 3 is 2.40 bits per heavy atom. The molecule has 1 aliphatic heterocycles. The van der Waals surface area contributed by atoms with E-state index < -0.39 is 40.7 Å². The Morgan fingerprint density at radius 2 is 1.73 bits per heavy atom.